The van der Waals surface area contributed by atoms with E-state index in [1.807, 2.05) is 18.4 Å². The average molecular weight is 249 g/mol. The van der Waals surface area contributed by atoms with E-state index in [9.17, 15) is 0 Å². The van der Waals surface area contributed by atoms with E-state index in [1.165, 1.54) is 0 Å². The van der Waals surface area contributed by atoms with Crippen LogP contribution >= 0.6 is 0 Å². The number of aromatic nitrogens is 1. The molecule has 0 aromatic carbocycles. The Morgan fingerprint density at radius 1 is 1.67 bits per heavy atom. The van der Waals surface area contributed by atoms with E-state index in [2.05, 4.69) is 6.07 Å². The van der Waals surface area contributed by atoms with Crippen LogP contribution in [0.15, 0.2) is 6.07 Å². The third-order valence-corrected chi connectivity index (χ3v) is 2.95. The number of hydrogen-bond donors (Lipinski definition) is 1. The standard InChI is InChI=1S/C13H19N3O2/c1-9(2)18-13-12(15)6-10(7-14)16(13)8-11-4-3-5-17-11/h6,9,11H,3-5,8,15H2,1-2H3/t11-/m1/s1. The normalized spacial score (nSPS) is 19.1. The molecule has 0 unspecified atom stereocenters. The van der Waals surface area contributed by atoms with Gasteiger partial charge in [-0.25, -0.2) is 0 Å². The molecule has 1 aliphatic heterocycles. The van der Waals surface area contributed by atoms with Crippen molar-refractivity contribution >= 4 is 5.69 Å². The molecule has 0 bridgehead atoms. The molecule has 98 valence electrons. The van der Waals surface area contributed by atoms with Crippen molar-refractivity contribution in [3.05, 3.63) is 11.8 Å². The molecule has 0 aliphatic carbocycles. The fourth-order valence-electron chi connectivity index (χ4n) is 2.17. The molecule has 2 heterocycles. The maximum absolute atomic E-state index is 9.14. The summed E-state index contributed by atoms with van der Waals surface area (Å²) in [6.45, 7) is 5.30. The number of nitrogen functional groups attached to an aromatic ring is 1. The summed E-state index contributed by atoms with van der Waals surface area (Å²) in [7, 11) is 0. The van der Waals surface area contributed by atoms with E-state index < -0.39 is 0 Å². The molecule has 2 rings (SSSR count). The van der Waals surface area contributed by atoms with Gasteiger partial charge >= 0.3 is 0 Å². The largest absolute Gasteiger partial charge is 0.475 e. The van der Waals surface area contributed by atoms with Crippen molar-refractivity contribution in [2.24, 2.45) is 0 Å². The number of nitrogens with two attached hydrogens (primary N) is 1. The molecule has 0 saturated carbocycles. The number of nitriles is 1. The van der Waals surface area contributed by atoms with Gasteiger partial charge in [-0.05, 0) is 26.7 Å². The Morgan fingerprint density at radius 3 is 3.00 bits per heavy atom. The highest BCUT2D eigenvalue weighted by molar-refractivity contribution is 5.55. The van der Waals surface area contributed by atoms with Gasteiger partial charge in [0.15, 0.2) is 0 Å². The summed E-state index contributed by atoms with van der Waals surface area (Å²) in [4.78, 5) is 0. The van der Waals surface area contributed by atoms with Crippen molar-refractivity contribution < 1.29 is 9.47 Å². The Labute approximate surface area is 107 Å². The van der Waals surface area contributed by atoms with Crippen LogP contribution in [0.5, 0.6) is 5.88 Å². The third kappa shape index (κ3) is 2.59. The smallest absolute Gasteiger partial charge is 0.218 e. The molecule has 0 amide bonds. The SMILES string of the molecule is CC(C)Oc1c(N)cc(C#N)n1C[C@H]1CCCO1. The van der Waals surface area contributed by atoms with Gasteiger partial charge in [0, 0.05) is 12.7 Å². The quantitative estimate of drug-likeness (QED) is 0.884. The van der Waals surface area contributed by atoms with Gasteiger partial charge in [0.1, 0.15) is 11.8 Å². The first-order valence-electron chi connectivity index (χ1n) is 6.29. The third-order valence-electron chi connectivity index (χ3n) is 2.95. The summed E-state index contributed by atoms with van der Waals surface area (Å²) in [6, 6.07) is 3.81. The second kappa shape index (κ2) is 5.32. The van der Waals surface area contributed by atoms with E-state index in [0.29, 0.717) is 23.8 Å². The first kappa shape index (κ1) is 12.8. The zero-order chi connectivity index (χ0) is 13.1. The number of nitrogens with zero attached hydrogens (tertiary/aromatic N) is 2. The summed E-state index contributed by atoms with van der Waals surface area (Å²) in [5.74, 6) is 0.581. The monoisotopic (exact) mass is 249 g/mol. The predicted octanol–water partition coefficient (Wildman–Crippen LogP) is 1.91. The van der Waals surface area contributed by atoms with Crippen molar-refractivity contribution in [3.63, 3.8) is 0 Å². The molecule has 1 atom stereocenters. The fraction of sp³-hybridized carbons (Fsp3) is 0.615. The van der Waals surface area contributed by atoms with Gasteiger partial charge in [0.25, 0.3) is 0 Å². The highest BCUT2D eigenvalue weighted by Gasteiger charge is 2.22. The van der Waals surface area contributed by atoms with Crippen LogP contribution in [0, 0.1) is 11.3 Å². The van der Waals surface area contributed by atoms with Crippen molar-refractivity contribution in [3.8, 4) is 11.9 Å². The van der Waals surface area contributed by atoms with E-state index in [0.717, 1.165) is 19.4 Å². The Hall–Kier alpha value is -1.67. The summed E-state index contributed by atoms with van der Waals surface area (Å²) < 4.78 is 13.1. The van der Waals surface area contributed by atoms with Crippen LogP contribution in [0.2, 0.25) is 0 Å². The van der Waals surface area contributed by atoms with Gasteiger partial charge in [0.05, 0.1) is 24.4 Å². The minimum Gasteiger partial charge on any atom is -0.475 e. The number of ether oxygens (including phenoxy) is 2. The fourth-order valence-corrected chi connectivity index (χ4v) is 2.17. The highest BCUT2D eigenvalue weighted by atomic mass is 16.5. The number of hydrogen-bond acceptors (Lipinski definition) is 4. The van der Waals surface area contributed by atoms with Crippen LogP contribution in [-0.4, -0.2) is 23.4 Å². The van der Waals surface area contributed by atoms with Crippen molar-refractivity contribution in [2.45, 2.75) is 45.4 Å². The van der Waals surface area contributed by atoms with E-state index in [4.69, 9.17) is 20.5 Å². The first-order chi connectivity index (χ1) is 8.61. The van der Waals surface area contributed by atoms with E-state index >= 15 is 0 Å². The zero-order valence-corrected chi connectivity index (χ0v) is 10.8. The molecular weight excluding hydrogens is 230 g/mol. The number of anilines is 1. The lowest BCUT2D eigenvalue weighted by molar-refractivity contribution is 0.0926. The molecule has 1 saturated heterocycles. The molecule has 0 spiro atoms. The Balaban J connectivity index is 2.26. The van der Waals surface area contributed by atoms with Crippen LogP contribution in [-0.2, 0) is 11.3 Å². The van der Waals surface area contributed by atoms with Crippen molar-refractivity contribution in [1.82, 2.24) is 4.57 Å². The molecular formula is C13H19N3O2. The van der Waals surface area contributed by atoms with Crippen LogP contribution in [0.25, 0.3) is 0 Å². The Morgan fingerprint density at radius 2 is 2.44 bits per heavy atom. The van der Waals surface area contributed by atoms with Gasteiger partial charge in [0.2, 0.25) is 5.88 Å². The van der Waals surface area contributed by atoms with Gasteiger partial charge < -0.3 is 15.2 Å². The molecule has 1 aromatic rings. The lowest BCUT2D eigenvalue weighted by Crippen LogP contribution is -2.19. The summed E-state index contributed by atoms with van der Waals surface area (Å²) in [6.07, 6.45) is 2.27. The van der Waals surface area contributed by atoms with Crippen LogP contribution in [0.1, 0.15) is 32.4 Å². The minimum absolute atomic E-state index is 0.0250. The molecule has 5 nitrogen and oxygen atoms in total. The Kier molecular flexibility index (Phi) is 3.78. The predicted molar refractivity (Wildman–Crippen MR) is 68.3 cm³/mol. The van der Waals surface area contributed by atoms with Crippen molar-refractivity contribution in [2.75, 3.05) is 12.3 Å². The molecule has 1 aromatic heterocycles. The van der Waals surface area contributed by atoms with Crippen molar-refractivity contribution in [1.29, 1.82) is 5.26 Å². The van der Waals surface area contributed by atoms with Crippen LogP contribution in [0.4, 0.5) is 5.69 Å². The van der Waals surface area contributed by atoms with Crippen LogP contribution in [0.3, 0.4) is 0 Å². The Bertz CT molecular complexity index is 454. The molecule has 1 fully saturated rings. The van der Waals surface area contributed by atoms with Gasteiger partial charge in [-0.3, -0.25) is 4.57 Å². The average Bonchev–Trinajstić information content (AvgIpc) is 2.91. The molecule has 1 aliphatic rings. The minimum atomic E-state index is 0.0250. The van der Waals surface area contributed by atoms with E-state index in [1.54, 1.807) is 6.07 Å². The van der Waals surface area contributed by atoms with Gasteiger partial charge in [-0.15, -0.1) is 0 Å². The maximum Gasteiger partial charge on any atom is 0.218 e. The second-order valence-electron chi connectivity index (χ2n) is 4.81. The molecule has 0 radical (unpaired) electrons. The van der Waals surface area contributed by atoms with Crippen LogP contribution < -0.4 is 10.5 Å². The lowest BCUT2D eigenvalue weighted by Gasteiger charge is -2.17. The van der Waals surface area contributed by atoms with Gasteiger partial charge in [-0.1, -0.05) is 0 Å². The summed E-state index contributed by atoms with van der Waals surface area (Å²) >= 11 is 0. The lowest BCUT2D eigenvalue weighted by atomic mass is 10.2. The molecule has 5 heteroatoms. The maximum atomic E-state index is 9.14. The second-order valence-corrected chi connectivity index (χ2v) is 4.81. The zero-order valence-electron chi connectivity index (χ0n) is 10.8. The molecule has 2 N–H and O–H groups in total. The number of rotatable bonds is 4. The topological polar surface area (TPSA) is 73.2 Å². The summed E-state index contributed by atoms with van der Waals surface area (Å²) in [5.41, 5.74) is 6.94. The molecule has 18 heavy (non-hydrogen) atoms. The first-order valence-corrected chi connectivity index (χ1v) is 6.29. The highest BCUT2D eigenvalue weighted by Crippen LogP contribution is 2.29. The van der Waals surface area contributed by atoms with Gasteiger partial charge in [-0.2, -0.15) is 5.26 Å². The van der Waals surface area contributed by atoms with E-state index in [-0.39, 0.29) is 12.2 Å². The summed E-state index contributed by atoms with van der Waals surface area (Å²) in [5, 5.41) is 9.14.